The zero-order valence-electron chi connectivity index (χ0n) is 11.1. The molecule has 0 unspecified atom stereocenters. The van der Waals surface area contributed by atoms with Crippen molar-refractivity contribution in [3.8, 4) is 0 Å². The summed E-state index contributed by atoms with van der Waals surface area (Å²) in [6.07, 6.45) is 11.9. The number of halogens is 2. The average molecular weight is 412 g/mol. The molecule has 0 radical (unpaired) electrons. The van der Waals surface area contributed by atoms with Gasteiger partial charge in [-0.3, -0.25) is 0 Å². The number of hydrogen-bond acceptors (Lipinski definition) is 2. The van der Waals surface area contributed by atoms with Crippen molar-refractivity contribution >= 4 is 0 Å². The lowest BCUT2D eigenvalue weighted by Gasteiger charge is -1.94. The van der Waals surface area contributed by atoms with Gasteiger partial charge in [-0.1, -0.05) is 0 Å². The van der Waals surface area contributed by atoms with E-state index in [1.165, 1.54) is 0 Å². The predicted octanol–water partition coefficient (Wildman–Crippen LogP) is -7.44. The lowest BCUT2D eigenvalue weighted by molar-refractivity contribution is -0.698. The van der Waals surface area contributed by atoms with Crippen molar-refractivity contribution in [3.05, 3.63) is 37.4 Å². The zero-order chi connectivity index (χ0) is 12.8. The Morgan fingerprint density at radius 2 is 1.15 bits per heavy atom. The third-order valence-electron chi connectivity index (χ3n) is 2.83. The fraction of sp³-hybridized carbons (Fsp3) is 0.500. The van der Waals surface area contributed by atoms with Crippen LogP contribution in [-0.2, 0) is 26.2 Å². The van der Waals surface area contributed by atoms with Crippen LogP contribution in [0.2, 0.25) is 0 Å². The SMILES string of the molecule is OCC[n+]1ccn(CCn2cc[n+](CCO)c2)c1.[Br-].[Br-]. The van der Waals surface area contributed by atoms with E-state index in [9.17, 15) is 0 Å². The van der Waals surface area contributed by atoms with Gasteiger partial charge in [-0.15, -0.1) is 0 Å². The normalized spacial score (nSPS) is 9.90. The van der Waals surface area contributed by atoms with Crippen molar-refractivity contribution in [1.82, 2.24) is 9.13 Å². The van der Waals surface area contributed by atoms with Crippen LogP contribution in [0.5, 0.6) is 0 Å². The number of nitrogens with zero attached hydrogens (tertiary/aromatic N) is 4. The van der Waals surface area contributed by atoms with Crippen LogP contribution < -0.4 is 43.1 Å². The number of imidazole rings is 2. The summed E-state index contributed by atoms with van der Waals surface area (Å²) in [5, 5.41) is 17.7. The van der Waals surface area contributed by atoms with E-state index in [4.69, 9.17) is 10.2 Å². The van der Waals surface area contributed by atoms with E-state index >= 15 is 0 Å². The van der Waals surface area contributed by atoms with Crippen LogP contribution in [0.1, 0.15) is 0 Å². The summed E-state index contributed by atoms with van der Waals surface area (Å²) in [6, 6.07) is 0. The second-order valence-corrected chi connectivity index (χ2v) is 4.23. The Morgan fingerprint density at radius 3 is 1.50 bits per heavy atom. The minimum absolute atomic E-state index is 0. The fourth-order valence-corrected chi connectivity index (χ4v) is 1.87. The van der Waals surface area contributed by atoms with Crippen LogP contribution in [0.3, 0.4) is 0 Å². The Morgan fingerprint density at radius 1 is 0.750 bits per heavy atom. The van der Waals surface area contributed by atoms with E-state index in [0.717, 1.165) is 13.1 Å². The molecule has 2 aromatic rings. The highest BCUT2D eigenvalue weighted by atomic mass is 79.9. The summed E-state index contributed by atoms with van der Waals surface area (Å²) in [6.45, 7) is 3.35. The van der Waals surface area contributed by atoms with Gasteiger partial charge in [0.25, 0.3) is 0 Å². The average Bonchev–Trinajstić information content (AvgIpc) is 2.97. The maximum atomic E-state index is 8.83. The molecule has 0 aliphatic heterocycles. The summed E-state index contributed by atoms with van der Waals surface area (Å²) in [5.41, 5.74) is 0. The number of rotatable bonds is 7. The van der Waals surface area contributed by atoms with Crippen molar-refractivity contribution in [2.45, 2.75) is 26.2 Å². The van der Waals surface area contributed by atoms with Gasteiger partial charge in [0.05, 0.1) is 13.2 Å². The van der Waals surface area contributed by atoms with Gasteiger partial charge in [-0.25, -0.2) is 18.3 Å². The Kier molecular flexibility index (Phi) is 9.74. The van der Waals surface area contributed by atoms with Crippen LogP contribution in [0.15, 0.2) is 37.4 Å². The standard InChI is InChI=1S/C12H20N4O2.2BrH/c17-9-7-15-5-3-13(11-15)1-2-14-4-6-16(12-14)8-10-18;;/h3-6,11-12,17-18H,1-2,7-10H2;2*1H/q+2;;/p-2. The van der Waals surface area contributed by atoms with Crippen LogP contribution in [-0.4, -0.2) is 32.6 Å². The molecule has 20 heavy (non-hydrogen) atoms. The molecule has 0 aliphatic rings. The van der Waals surface area contributed by atoms with Crippen molar-refractivity contribution in [2.24, 2.45) is 0 Å². The molecule has 0 saturated heterocycles. The first-order chi connectivity index (χ1) is 8.81. The molecule has 0 bridgehead atoms. The third kappa shape index (κ3) is 5.74. The number of hydrogen-bond donors (Lipinski definition) is 2. The molecule has 0 atom stereocenters. The van der Waals surface area contributed by atoms with E-state index in [2.05, 4.69) is 9.13 Å². The van der Waals surface area contributed by atoms with E-state index < -0.39 is 0 Å². The molecule has 2 heterocycles. The second-order valence-electron chi connectivity index (χ2n) is 4.23. The highest BCUT2D eigenvalue weighted by Crippen LogP contribution is 1.90. The maximum Gasteiger partial charge on any atom is 0.243 e. The Bertz CT molecular complexity index is 443. The molecule has 2 aromatic heterocycles. The molecular weight excluding hydrogens is 392 g/mol. The van der Waals surface area contributed by atoms with Gasteiger partial charge in [-0.05, 0) is 0 Å². The molecule has 0 amide bonds. The van der Waals surface area contributed by atoms with Gasteiger partial charge in [0.15, 0.2) is 0 Å². The minimum atomic E-state index is 0. The zero-order valence-corrected chi connectivity index (χ0v) is 14.3. The second kappa shape index (κ2) is 10.1. The highest BCUT2D eigenvalue weighted by molar-refractivity contribution is 4.70. The van der Waals surface area contributed by atoms with Crippen molar-refractivity contribution in [1.29, 1.82) is 0 Å². The topological polar surface area (TPSA) is 58.1 Å². The minimum Gasteiger partial charge on any atom is -1.00 e. The molecule has 0 aromatic carbocycles. The van der Waals surface area contributed by atoms with E-state index in [-0.39, 0.29) is 47.2 Å². The van der Waals surface area contributed by atoms with Gasteiger partial charge < -0.3 is 44.2 Å². The van der Waals surface area contributed by atoms with Crippen molar-refractivity contribution < 1.29 is 53.3 Å². The molecule has 6 nitrogen and oxygen atoms in total. The first-order valence-corrected chi connectivity index (χ1v) is 6.13. The van der Waals surface area contributed by atoms with Crippen LogP contribution in [0, 0.1) is 0 Å². The van der Waals surface area contributed by atoms with Gasteiger partial charge in [0.2, 0.25) is 12.7 Å². The summed E-state index contributed by atoms with van der Waals surface area (Å²) >= 11 is 0. The number of aromatic nitrogens is 4. The molecule has 114 valence electrons. The van der Waals surface area contributed by atoms with Crippen LogP contribution >= 0.6 is 0 Å². The molecular formula is C12H20Br2N4O2. The van der Waals surface area contributed by atoms with Crippen LogP contribution in [0.25, 0.3) is 0 Å². The molecule has 8 heteroatoms. The lowest BCUT2D eigenvalue weighted by atomic mass is 10.6. The summed E-state index contributed by atoms with van der Waals surface area (Å²) in [5.74, 6) is 0. The van der Waals surface area contributed by atoms with E-state index in [1.54, 1.807) is 0 Å². The van der Waals surface area contributed by atoms with Crippen molar-refractivity contribution in [3.63, 3.8) is 0 Å². The first kappa shape index (κ1) is 19.3. The van der Waals surface area contributed by atoms with E-state index in [0.29, 0.717) is 13.1 Å². The van der Waals surface area contributed by atoms with Gasteiger partial charge in [0.1, 0.15) is 51.0 Å². The van der Waals surface area contributed by atoms with Gasteiger partial charge >= 0.3 is 0 Å². The molecule has 0 saturated carbocycles. The van der Waals surface area contributed by atoms with Gasteiger partial charge in [-0.2, -0.15) is 0 Å². The monoisotopic (exact) mass is 410 g/mol. The smallest absolute Gasteiger partial charge is 0.243 e. The van der Waals surface area contributed by atoms with Gasteiger partial charge in [0, 0.05) is 0 Å². The first-order valence-electron chi connectivity index (χ1n) is 6.13. The Labute approximate surface area is 139 Å². The maximum absolute atomic E-state index is 8.83. The van der Waals surface area contributed by atoms with Crippen LogP contribution in [0.4, 0.5) is 0 Å². The summed E-state index contributed by atoms with van der Waals surface area (Å²) in [7, 11) is 0. The van der Waals surface area contributed by atoms with Crippen molar-refractivity contribution in [2.75, 3.05) is 13.2 Å². The Hall–Kier alpha value is -0.700. The molecule has 2 N–H and O–H groups in total. The quantitative estimate of drug-likeness (QED) is 0.445. The molecule has 0 spiro atoms. The Balaban J connectivity index is 0.00000180. The number of aliphatic hydroxyl groups is 2. The molecule has 0 fully saturated rings. The molecule has 0 aliphatic carbocycles. The van der Waals surface area contributed by atoms with E-state index in [1.807, 2.05) is 46.6 Å². The summed E-state index contributed by atoms with van der Waals surface area (Å²) in [4.78, 5) is 0. The number of aliphatic hydroxyl groups excluding tert-OH is 2. The largest absolute Gasteiger partial charge is 1.00 e. The number of aryl methyl sites for hydroxylation is 2. The highest BCUT2D eigenvalue weighted by Gasteiger charge is 2.06. The summed E-state index contributed by atoms with van der Waals surface area (Å²) < 4.78 is 8.10. The predicted molar refractivity (Wildman–Crippen MR) is 63.4 cm³/mol. The molecule has 2 rings (SSSR count). The third-order valence-corrected chi connectivity index (χ3v) is 2.83. The lowest BCUT2D eigenvalue weighted by Crippen LogP contribution is -3.00. The fourth-order valence-electron chi connectivity index (χ4n) is 1.87.